The zero-order valence-electron chi connectivity index (χ0n) is 15.8. The molecule has 0 bridgehead atoms. The predicted molar refractivity (Wildman–Crippen MR) is 102 cm³/mol. The lowest BCUT2D eigenvalue weighted by Gasteiger charge is -2.27. The molecule has 1 aromatic heterocycles. The lowest BCUT2D eigenvalue weighted by Crippen LogP contribution is -2.42. The molecule has 0 radical (unpaired) electrons. The van der Waals surface area contributed by atoms with E-state index in [4.69, 9.17) is 4.74 Å². The van der Waals surface area contributed by atoms with Crippen molar-refractivity contribution in [3.8, 4) is 5.75 Å². The molecule has 1 aromatic carbocycles. The number of carbonyl (C=O) groups is 1. The standard InChI is InChI=1S/C20H24FN3O4/c1-12-2-3-13-10-14(21)11-15-17(13)24(12)20(27)16(18(15)25)19(26)22-4-5-23-6-8-28-9-7-23/h10-12,25H,2-9H2,1H3,(H,22,26). The first-order valence-electron chi connectivity index (χ1n) is 9.65. The zero-order valence-corrected chi connectivity index (χ0v) is 15.8. The van der Waals surface area contributed by atoms with Gasteiger partial charge in [-0.1, -0.05) is 0 Å². The van der Waals surface area contributed by atoms with Crippen molar-refractivity contribution in [3.05, 3.63) is 39.4 Å². The Morgan fingerprint density at radius 2 is 2.11 bits per heavy atom. The summed E-state index contributed by atoms with van der Waals surface area (Å²) in [6.07, 6.45) is 1.30. The van der Waals surface area contributed by atoms with Gasteiger partial charge < -0.3 is 19.7 Å². The number of aromatic hydroxyl groups is 1. The fraction of sp³-hybridized carbons (Fsp3) is 0.500. The number of aryl methyl sites for hydroxylation is 1. The summed E-state index contributed by atoms with van der Waals surface area (Å²) >= 11 is 0. The van der Waals surface area contributed by atoms with Crippen LogP contribution in [0, 0.1) is 5.82 Å². The monoisotopic (exact) mass is 389 g/mol. The summed E-state index contributed by atoms with van der Waals surface area (Å²) in [6.45, 7) is 5.79. The average molecular weight is 389 g/mol. The van der Waals surface area contributed by atoms with Crippen LogP contribution in [0.25, 0.3) is 10.9 Å². The largest absolute Gasteiger partial charge is 0.506 e. The second kappa shape index (κ2) is 7.52. The van der Waals surface area contributed by atoms with Gasteiger partial charge in [0.25, 0.3) is 11.5 Å². The summed E-state index contributed by atoms with van der Waals surface area (Å²) in [5, 5.41) is 13.6. The molecule has 2 aliphatic heterocycles. The van der Waals surface area contributed by atoms with Gasteiger partial charge >= 0.3 is 0 Å². The number of halogens is 1. The van der Waals surface area contributed by atoms with Gasteiger partial charge in [-0.05, 0) is 37.5 Å². The minimum absolute atomic E-state index is 0.131. The number of aromatic nitrogens is 1. The van der Waals surface area contributed by atoms with Crippen LogP contribution in [0.15, 0.2) is 16.9 Å². The third kappa shape index (κ3) is 3.27. The SMILES string of the molecule is CC1CCc2cc(F)cc3c(O)c(C(=O)NCCN4CCOCC4)c(=O)n1c23. The number of carbonyl (C=O) groups excluding carboxylic acids is 1. The van der Waals surface area contributed by atoms with E-state index >= 15 is 0 Å². The molecule has 2 aliphatic rings. The van der Waals surface area contributed by atoms with E-state index in [1.807, 2.05) is 6.92 Å². The molecule has 150 valence electrons. The Hall–Kier alpha value is -2.45. The number of pyridine rings is 1. The lowest BCUT2D eigenvalue weighted by atomic mass is 9.95. The van der Waals surface area contributed by atoms with Gasteiger partial charge in [-0.3, -0.25) is 14.5 Å². The topological polar surface area (TPSA) is 83.8 Å². The Morgan fingerprint density at radius 3 is 2.86 bits per heavy atom. The van der Waals surface area contributed by atoms with Gasteiger partial charge in [0.1, 0.15) is 17.1 Å². The minimum atomic E-state index is -0.634. The average Bonchev–Trinajstić information content (AvgIpc) is 2.67. The van der Waals surface area contributed by atoms with Gasteiger partial charge in [0.2, 0.25) is 0 Å². The number of hydrogen-bond acceptors (Lipinski definition) is 5. The number of ether oxygens (including phenoxy) is 1. The third-order valence-corrected chi connectivity index (χ3v) is 5.64. The molecule has 28 heavy (non-hydrogen) atoms. The van der Waals surface area contributed by atoms with Crippen LogP contribution < -0.4 is 10.9 Å². The number of morpholine rings is 1. The fourth-order valence-corrected chi connectivity index (χ4v) is 4.13. The molecule has 8 heteroatoms. The van der Waals surface area contributed by atoms with Crippen molar-refractivity contribution < 1.29 is 19.0 Å². The summed E-state index contributed by atoms with van der Waals surface area (Å²) in [4.78, 5) is 27.9. The summed E-state index contributed by atoms with van der Waals surface area (Å²) in [7, 11) is 0. The maximum atomic E-state index is 14.0. The van der Waals surface area contributed by atoms with Crippen LogP contribution in [0.1, 0.15) is 35.3 Å². The Kier molecular flexibility index (Phi) is 5.07. The first-order valence-corrected chi connectivity index (χ1v) is 9.65. The van der Waals surface area contributed by atoms with Gasteiger partial charge in [-0.25, -0.2) is 4.39 Å². The summed E-state index contributed by atoms with van der Waals surface area (Å²) in [6, 6.07) is 2.45. The van der Waals surface area contributed by atoms with Crippen molar-refractivity contribution in [1.29, 1.82) is 0 Å². The number of nitrogens with zero attached hydrogens (tertiary/aromatic N) is 2. The van der Waals surface area contributed by atoms with Crippen molar-refractivity contribution in [2.24, 2.45) is 0 Å². The highest BCUT2D eigenvalue weighted by Crippen LogP contribution is 2.35. The van der Waals surface area contributed by atoms with Crippen LogP contribution in [0.4, 0.5) is 4.39 Å². The molecule has 7 nitrogen and oxygen atoms in total. The van der Waals surface area contributed by atoms with Crippen LogP contribution >= 0.6 is 0 Å². The number of nitrogens with one attached hydrogen (secondary N) is 1. The second-order valence-corrected chi connectivity index (χ2v) is 7.46. The van der Waals surface area contributed by atoms with Crippen LogP contribution in [0.5, 0.6) is 5.75 Å². The molecule has 1 fully saturated rings. The van der Waals surface area contributed by atoms with E-state index in [0.717, 1.165) is 13.1 Å². The van der Waals surface area contributed by atoms with Crippen molar-refractivity contribution in [1.82, 2.24) is 14.8 Å². The molecule has 1 atom stereocenters. The van der Waals surface area contributed by atoms with Crippen molar-refractivity contribution >= 4 is 16.8 Å². The summed E-state index contributed by atoms with van der Waals surface area (Å²) in [5.74, 6) is -1.57. The van der Waals surface area contributed by atoms with Gasteiger partial charge in [-0.2, -0.15) is 0 Å². The van der Waals surface area contributed by atoms with Gasteiger partial charge in [0, 0.05) is 37.6 Å². The van der Waals surface area contributed by atoms with Gasteiger partial charge in [0.05, 0.1) is 18.7 Å². The van der Waals surface area contributed by atoms with E-state index in [2.05, 4.69) is 10.2 Å². The zero-order chi connectivity index (χ0) is 19.8. The first kappa shape index (κ1) is 18.9. The van der Waals surface area contributed by atoms with Gasteiger partial charge in [0.15, 0.2) is 0 Å². The van der Waals surface area contributed by atoms with Crippen LogP contribution in [-0.4, -0.2) is 59.9 Å². The van der Waals surface area contributed by atoms with E-state index in [-0.39, 0.29) is 17.0 Å². The Labute approximate surface area is 161 Å². The highest BCUT2D eigenvalue weighted by molar-refractivity contribution is 6.03. The van der Waals surface area contributed by atoms with Crippen LogP contribution in [0.3, 0.4) is 0 Å². The van der Waals surface area contributed by atoms with Crippen molar-refractivity contribution in [3.63, 3.8) is 0 Å². The molecule has 0 spiro atoms. The molecular weight excluding hydrogens is 365 g/mol. The van der Waals surface area contributed by atoms with Crippen molar-refractivity contribution in [2.75, 3.05) is 39.4 Å². The van der Waals surface area contributed by atoms with E-state index in [1.165, 1.54) is 16.7 Å². The van der Waals surface area contributed by atoms with Crippen LogP contribution in [0.2, 0.25) is 0 Å². The molecule has 3 heterocycles. The first-order chi connectivity index (χ1) is 13.5. The normalized spacial score (nSPS) is 19.7. The van der Waals surface area contributed by atoms with Gasteiger partial charge in [-0.15, -0.1) is 0 Å². The number of hydrogen-bond donors (Lipinski definition) is 2. The fourth-order valence-electron chi connectivity index (χ4n) is 4.13. The van der Waals surface area contributed by atoms with E-state index < -0.39 is 23.0 Å². The molecule has 1 amide bonds. The maximum absolute atomic E-state index is 14.0. The molecule has 0 saturated carbocycles. The second-order valence-electron chi connectivity index (χ2n) is 7.46. The lowest BCUT2D eigenvalue weighted by molar-refractivity contribution is 0.0383. The molecule has 1 saturated heterocycles. The highest BCUT2D eigenvalue weighted by atomic mass is 19.1. The molecule has 0 aliphatic carbocycles. The number of benzene rings is 1. The Bertz CT molecular complexity index is 982. The molecule has 4 rings (SSSR count). The van der Waals surface area contributed by atoms with E-state index in [9.17, 15) is 19.1 Å². The van der Waals surface area contributed by atoms with E-state index in [1.54, 1.807) is 0 Å². The van der Waals surface area contributed by atoms with Crippen molar-refractivity contribution in [2.45, 2.75) is 25.8 Å². The van der Waals surface area contributed by atoms with E-state index in [0.29, 0.717) is 50.2 Å². The smallest absolute Gasteiger partial charge is 0.267 e. The predicted octanol–water partition coefficient (Wildman–Crippen LogP) is 1.42. The maximum Gasteiger partial charge on any atom is 0.267 e. The molecular formula is C20H24FN3O4. The summed E-state index contributed by atoms with van der Waals surface area (Å²) < 4.78 is 20.9. The van der Waals surface area contributed by atoms with Crippen LogP contribution in [-0.2, 0) is 11.2 Å². The molecule has 1 unspecified atom stereocenters. The molecule has 2 aromatic rings. The number of amides is 1. The summed E-state index contributed by atoms with van der Waals surface area (Å²) in [5.41, 5.74) is 0.348. The third-order valence-electron chi connectivity index (χ3n) is 5.64. The minimum Gasteiger partial charge on any atom is -0.506 e. The Morgan fingerprint density at radius 1 is 1.36 bits per heavy atom. The Balaban J connectivity index is 1.67. The highest BCUT2D eigenvalue weighted by Gasteiger charge is 2.28. The number of rotatable bonds is 4. The quantitative estimate of drug-likeness (QED) is 0.826. The molecule has 2 N–H and O–H groups in total.